The molecule has 1 aromatic carbocycles. The van der Waals surface area contributed by atoms with Crippen LogP contribution in [-0.4, -0.2) is 9.55 Å². The van der Waals surface area contributed by atoms with Gasteiger partial charge in [-0.05, 0) is 26.3 Å². The summed E-state index contributed by atoms with van der Waals surface area (Å²) in [6.07, 6.45) is 0. The molecular weight excluding hydrogens is 238 g/mol. The van der Waals surface area contributed by atoms with Gasteiger partial charge in [0.15, 0.2) is 0 Å². The lowest BCUT2D eigenvalue weighted by molar-refractivity contribution is 0.538. The summed E-state index contributed by atoms with van der Waals surface area (Å²) in [6.45, 7) is 6.13. The maximum absolute atomic E-state index is 11.9. The molecule has 0 fully saturated rings. The molecule has 1 atom stereocenters. The molecular formula is C15H19N3O. The average molecular weight is 257 g/mol. The first-order valence-electron chi connectivity index (χ1n) is 6.34. The summed E-state index contributed by atoms with van der Waals surface area (Å²) in [4.78, 5) is 16.3. The Hall–Kier alpha value is -1.94. The van der Waals surface area contributed by atoms with Crippen molar-refractivity contribution in [2.75, 3.05) is 0 Å². The number of nitrogens with two attached hydrogens (primary N) is 1. The van der Waals surface area contributed by atoms with Gasteiger partial charge in [-0.3, -0.25) is 9.36 Å². The second kappa shape index (κ2) is 5.36. The molecule has 19 heavy (non-hydrogen) atoms. The molecule has 0 amide bonds. The van der Waals surface area contributed by atoms with Crippen molar-refractivity contribution in [3.8, 4) is 0 Å². The SMILES string of the molecule is Cc1ccc(C(N)Cn2c(C)nc(C)cc2=O)cc1. The van der Waals surface area contributed by atoms with E-state index >= 15 is 0 Å². The van der Waals surface area contributed by atoms with Crippen LogP contribution in [-0.2, 0) is 6.54 Å². The van der Waals surface area contributed by atoms with Crippen LogP contribution in [0.4, 0.5) is 0 Å². The van der Waals surface area contributed by atoms with Gasteiger partial charge in [0.05, 0.1) is 0 Å². The Morgan fingerprint density at radius 3 is 2.42 bits per heavy atom. The standard InChI is InChI=1S/C15H19N3O/c1-10-4-6-13(7-5-10)14(16)9-18-12(3)17-11(2)8-15(18)19/h4-8,14H,9,16H2,1-3H3. The van der Waals surface area contributed by atoms with Crippen molar-refractivity contribution in [3.05, 3.63) is 63.3 Å². The molecule has 0 bridgehead atoms. The number of benzene rings is 1. The van der Waals surface area contributed by atoms with Gasteiger partial charge in [0.25, 0.3) is 5.56 Å². The average Bonchev–Trinajstić information content (AvgIpc) is 2.34. The number of aromatic nitrogens is 2. The van der Waals surface area contributed by atoms with Gasteiger partial charge in [0, 0.05) is 24.3 Å². The molecule has 100 valence electrons. The van der Waals surface area contributed by atoms with Gasteiger partial charge < -0.3 is 5.73 Å². The molecule has 1 heterocycles. The van der Waals surface area contributed by atoms with Crippen molar-refractivity contribution in [1.29, 1.82) is 0 Å². The van der Waals surface area contributed by atoms with Crippen molar-refractivity contribution in [1.82, 2.24) is 9.55 Å². The van der Waals surface area contributed by atoms with Crippen molar-refractivity contribution >= 4 is 0 Å². The summed E-state index contributed by atoms with van der Waals surface area (Å²) in [5, 5.41) is 0. The van der Waals surface area contributed by atoms with E-state index in [1.165, 1.54) is 11.6 Å². The fourth-order valence-electron chi connectivity index (χ4n) is 2.10. The van der Waals surface area contributed by atoms with E-state index in [1.807, 2.05) is 45.0 Å². The Labute approximate surface area is 112 Å². The van der Waals surface area contributed by atoms with Gasteiger partial charge in [-0.2, -0.15) is 0 Å². The minimum atomic E-state index is -0.207. The first-order chi connectivity index (χ1) is 8.97. The third kappa shape index (κ3) is 3.09. The Kier molecular flexibility index (Phi) is 3.81. The number of hydrogen-bond donors (Lipinski definition) is 1. The van der Waals surface area contributed by atoms with Crippen molar-refractivity contribution < 1.29 is 0 Å². The fourth-order valence-corrected chi connectivity index (χ4v) is 2.10. The van der Waals surface area contributed by atoms with Crippen LogP contribution in [0.5, 0.6) is 0 Å². The third-order valence-corrected chi connectivity index (χ3v) is 3.21. The summed E-state index contributed by atoms with van der Waals surface area (Å²) in [5.74, 6) is 0.701. The summed E-state index contributed by atoms with van der Waals surface area (Å²) >= 11 is 0. The van der Waals surface area contributed by atoms with Gasteiger partial charge in [-0.15, -0.1) is 0 Å². The highest BCUT2D eigenvalue weighted by atomic mass is 16.1. The van der Waals surface area contributed by atoms with E-state index in [-0.39, 0.29) is 11.6 Å². The predicted octanol–water partition coefficient (Wildman–Crippen LogP) is 1.87. The molecule has 4 heteroatoms. The van der Waals surface area contributed by atoms with Crippen LogP contribution in [0, 0.1) is 20.8 Å². The minimum Gasteiger partial charge on any atom is -0.322 e. The largest absolute Gasteiger partial charge is 0.322 e. The second-order valence-electron chi connectivity index (χ2n) is 4.91. The third-order valence-electron chi connectivity index (χ3n) is 3.21. The molecule has 0 saturated heterocycles. The molecule has 0 saturated carbocycles. The van der Waals surface area contributed by atoms with Gasteiger partial charge >= 0.3 is 0 Å². The Morgan fingerprint density at radius 1 is 1.21 bits per heavy atom. The minimum absolute atomic E-state index is 0.0486. The molecule has 2 rings (SSSR count). The fraction of sp³-hybridized carbons (Fsp3) is 0.333. The summed E-state index contributed by atoms with van der Waals surface area (Å²) < 4.78 is 1.62. The van der Waals surface area contributed by atoms with Crippen LogP contribution in [0.1, 0.15) is 28.7 Å². The van der Waals surface area contributed by atoms with Gasteiger partial charge in [0.1, 0.15) is 5.82 Å². The van der Waals surface area contributed by atoms with Crippen LogP contribution in [0.3, 0.4) is 0 Å². The second-order valence-corrected chi connectivity index (χ2v) is 4.91. The van der Waals surface area contributed by atoms with E-state index < -0.39 is 0 Å². The van der Waals surface area contributed by atoms with E-state index in [0.717, 1.165) is 11.3 Å². The van der Waals surface area contributed by atoms with Crippen molar-refractivity contribution in [2.45, 2.75) is 33.4 Å². The quantitative estimate of drug-likeness (QED) is 0.913. The molecule has 0 spiro atoms. The Bertz CT molecular complexity index is 629. The Morgan fingerprint density at radius 2 is 1.84 bits per heavy atom. The molecule has 2 aromatic rings. The number of nitrogens with zero attached hydrogens (tertiary/aromatic N) is 2. The molecule has 1 unspecified atom stereocenters. The zero-order valence-corrected chi connectivity index (χ0v) is 11.6. The lowest BCUT2D eigenvalue weighted by Gasteiger charge is -2.16. The number of rotatable bonds is 3. The van der Waals surface area contributed by atoms with Crippen LogP contribution in [0.2, 0.25) is 0 Å². The number of aryl methyl sites for hydroxylation is 3. The van der Waals surface area contributed by atoms with Crippen LogP contribution in [0.25, 0.3) is 0 Å². The lowest BCUT2D eigenvalue weighted by atomic mass is 10.1. The summed E-state index contributed by atoms with van der Waals surface area (Å²) in [6, 6.07) is 9.39. The molecule has 0 aliphatic rings. The van der Waals surface area contributed by atoms with Gasteiger partial charge in [0.2, 0.25) is 0 Å². The normalized spacial score (nSPS) is 12.4. The van der Waals surface area contributed by atoms with E-state index in [1.54, 1.807) is 4.57 Å². The highest BCUT2D eigenvalue weighted by molar-refractivity contribution is 5.23. The smallest absolute Gasteiger partial charge is 0.253 e. The molecule has 0 aliphatic carbocycles. The van der Waals surface area contributed by atoms with Crippen LogP contribution >= 0.6 is 0 Å². The van der Waals surface area contributed by atoms with E-state index in [2.05, 4.69) is 4.98 Å². The van der Waals surface area contributed by atoms with E-state index in [0.29, 0.717) is 12.4 Å². The van der Waals surface area contributed by atoms with Crippen LogP contribution < -0.4 is 11.3 Å². The first kappa shape index (κ1) is 13.5. The zero-order chi connectivity index (χ0) is 14.0. The van der Waals surface area contributed by atoms with Crippen molar-refractivity contribution in [3.63, 3.8) is 0 Å². The first-order valence-corrected chi connectivity index (χ1v) is 6.34. The van der Waals surface area contributed by atoms with Crippen molar-refractivity contribution in [2.24, 2.45) is 5.73 Å². The van der Waals surface area contributed by atoms with E-state index in [4.69, 9.17) is 5.73 Å². The van der Waals surface area contributed by atoms with E-state index in [9.17, 15) is 4.79 Å². The molecule has 0 radical (unpaired) electrons. The molecule has 1 aromatic heterocycles. The predicted molar refractivity (Wildman–Crippen MR) is 76.1 cm³/mol. The topological polar surface area (TPSA) is 60.9 Å². The van der Waals surface area contributed by atoms with Gasteiger partial charge in [-0.25, -0.2) is 4.98 Å². The highest BCUT2D eigenvalue weighted by Gasteiger charge is 2.10. The molecule has 0 aliphatic heterocycles. The zero-order valence-electron chi connectivity index (χ0n) is 11.6. The summed E-state index contributed by atoms with van der Waals surface area (Å²) in [7, 11) is 0. The number of hydrogen-bond acceptors (Lipinski definition) is 3. The monoisotopic (exact) mass is 257 g/mol. The summed E-state index contributed by atoms with van der Waals surface area (Å²) in [5.41, 5.74) is 9.08. The van der Waals surface area contributed by atoms with Gasteiger partial charge in [-0.1, -0.05) is 29.8 Å². The highest BCUT2D eigenvalue weighted by Crippen LogP contribution is 2.13. The molecule has 4 nitrogen and oxygen atoms in total. The lowest BCUT2D eigenvalue weighted by Crippen LogP contribution is -2.29. The van der Waals surface area contributed by atoms with Crippen LogP contribution in [0.15, 0.2) is 35.1 Å². The molecule has 2 N–H and O–H groups in total. The maximum Gasteiger partial charge on any atom is 0.253 e. The maximum atomic E-state index is 11.9. The Balaban J connectivity index is 2.26.